The summed E-state index contributed by atoms with van der Waals surface area (Å²) in [6.07, 6.45) is 0. The van der Waals surface area contributed by atoms with Crippen molar-refractivity contribution in [3.8, 4) is 0 Å². The quantitative estimate of drug-likeness (QED) is 0.799. The third-order valence-corrected chi connectivity index (χ3v) is 4.55. The number of carbonyl (C=O) groups is 1. The van der Waals surface area contributed by atoms with Crippen molar-refractivity contribution < 1.29 is 13.2 Å². The normalized spacial score (nSPS) is 19.6. The van der Waals surface area contributed by atoms with Crippen molar-refractivity contribution in [1.29, 1.82) is 0 Å². The molecular formula is C10H12N2O3S. The minimum Gasteiger partial charge on any atom is -0.328 e. The largest absolute Gasteiger partial charge is 0.328 e. The summed E-state index contributed by atoms with van der Waals surface area (Å²) in [7, 11) is -3.70. The number of carbonyl (C=O) groups excluding carboxylic acids is 1. The van der Waals surface area contributed by atoms with Crippen LogP contribution < -0.4 is 5.73 Å². The van der Waals surface area contributed by atoms with E-state index in [4.69, 9.17) is 5.73 Å². The summed E-state index contributed by atoms with van der Waals surface area (Å²) in [5.41, 5.74) is 5.64. The van der Waals surface area contributed by atoms with E-state index in [9.17, 15) is 13.2 Å². The molecule has 1 heterocycles. The fourth-order valence-electron chi connectivity index (χ4n) is 1.73. The summed E-state index contributed by atoms with van der Waals surface area (Å²) >= 11 is 0. The van der Waals surface area contributed by atoms with Gasteiger partial charge in [-0.3, -0.25) is 4.79 Å². The highest BCUT2D eigenvalue weighted by molar-refractivity contribution is 7.90. The second-order valence-electron chi connectivity index (χ2n) is 3.69. The second-order valence-corrected chi connectivity index (χ2v) is 5.47. The SMILES string of the molecule is CC(CN)N1C(=O)c2ccccc2S1(=O)=O. The Morgan fingerprint density at radius 2 is 2.00 bits per heavy atom. The first-order valence-corrected chi connectivity index (χ1v) is 6.32. The first-order chi connectivity index (χ1) is 7.50. The van der Waals surface area contributed by atoms with E-state index in [1.54, 1.807) is 19.1 Å². The zero-order valence-electron chi connectivity index (χ0n) is 8.75. The standard InChI is InChI=1S/C10H12N2O3S/c1-7(6-11)12-10(13)8-4-2-3-5-9(8)16(12,14)15/h2-5,7H,6,11H2,1H3. The van der Waals surface area contributed by atoms with Gasteiger partial charge >= 0.3 is 0 Å². The van der Waals surface area contributed by atoms with Crippen molar-refractivity contribution in [2.45, 2.75) is 17.9 Å². The lowest BCUT2D eigenvalue weighted by Crippen LogP contribution is -2.42. The van der Waals surface area contributed by atoms with Crippen LogP contribution in [0.3, 0.4) is 0 Å². The fourth-order valence-corrected chi connectivity index (χ4v) is 3.51. The molecule has 0 aliphatic carbocycles. The molecule has 0 saturated heterocycles. The molecule has 1 aliphatic rings. The second kappa shape index (κ2) is 3.57. The molecule has 5 nitrogen and oxygen atoms in total. The minimum atomic E-state index is -3.70. The van der Waals surface area contributed by atoms with Gasteiger partial charge in [0.2, 0.25) is 0 Å². The van der Waals surface area contributed by atoms with Gasteiger partial charge in [0.05, 0.1) is 11.6 Å². The van der Waals surface area contributed by atoms with Crippen molar-refractivity contribution in [1.82, 2.24) is 4.31 Å². The van der Waals surface area contributed by atoms with E-state index < -0.39 is 22.0 Å². The summed E-state index contributed by atoms with van der Waals surface area (Å²) in [5, 5.41) is 0. The van der Waals surface area contributed by atoms with Crippen LogP contribution in [-0.4, -0.2) is 31.2 Å². The van der Waals surface area contributed by atoms with E-state index in [1.807, 2.05) is 0 Å². The Bertz CT molecular complexity index is 539. The van der Waals surface area contributed by atoms with Crippen molar-refractivity contribution in [3.63, 3.8) is 0 Å². The number of amides is 1. The summed E-state index contributed by atoms with van der Waals surface area (Å²) in [4.78, 5) is 12.0. The molecular weight excluding hydrogens is 228 g/mol. The molecule has 1 unspecified atom stereocenters. The zero-order valence-corrected chi connectivity index (χ0v) is 9.57. The van der Waals surface area contributed by atoms with Crippen LogP contribution in [0.4, 0.5) is 0 Å². The average Bonchev–Trinajstić information content (AvgIpc) is 2.47. The predicted octanol–water partition coefficient (Wildman–Crippen LogP) is 0.178. The maximum absolute atomic E-state index is 12.0. The number of sulfonamides is 1. The first kappa shape index (κ1) is 11.1. The van der Waals surface area contributed by atoms with Crippen LogP contribution >= 0.6 is 0 Å². The first-order valence-electron chi connectivity index (χ1n) is 4.88. The van der Waals surface area contributed by atoms with Gasteiger partial charge in [-0.25, -0.2) is 12.7 Å². The maximum Gasteiger partial charge on any atom is 0.269 e. The highest BCUT2D eigenvalue weighted by Gasteiger charge is 2.42. The molecule has 86 valence electrons. The third kappa shape index (κ3) is 1.34. The Kier molecular flexibility index (Phi) is 2.47. The number of rotatable bonds is 2. The smallest absolute Gasteiger partial charge is 0.269 e. The van der Waals surface area contributed by atoms with Crippen LogP contribution in [0.15, 0.2) is 29.2 Å². The molecule has 1 aromatic carbocycles. The van der Waals surface area contributed by atoms with E-state index in [2.05, 4.69) is 0 Å². The molecule has 0 saturated carbocycles. The van der Waals surface area contributed by atoms with Crippen LogP contribution in [0.1, 0.15) is 17.3 Å². The number of fused-ring (bicyclic) bond motifs is 1. The number of nitrogens with two attached hydrogens (primary N) is 1. The molecule has 0 spiro atoms. The molecule has 2 N–H and O–H groups in total. The molecule has 6 heteroatoms. The molecule has 0 fully saturated rings. The van der Waals surface area contributed by atoms with Gasteiger partial charge in [0, 0.05) is 6.54 Å². The predicted molar refractivity (Wildman–Crippen MR) is 58.3 cm³/mol. The van der Waals surface area contributed by atoms with Gasteiger partial charge in [0.25, 0.3) is 15.9 Å². The lowest BCUT2D eigenvalue weighted by Gasteiger charge is -2.21. The van der Waals surface area contributed by atoms with Crippen molar-refractivity contribution >= 4 is 15.9 Å². The van der Waals surface area contributed by atoms with Crippen molar-refractivity contribution in [2.75, 3.05) is 6.54 Å². The van der Waals surface area contributed by atoms with Crippen LogP contribution in [0, 0.1) is 0 Å². The van der Waals surface area contributed by atoms with Gasteiger partial charge in [-0.2, -0.15) is 0 Å². The highest BCUT2D eigenvalue weighted by atomic mass is 32.2. The zero-order chi connectivity index (χ0) is 11.9. The topological polar surface area (TPSA) is 80.5 Å². The van der Waals surface area contributed by atoms with Crippen molar-refractivity contribution in [3.05, 3.63) is 29.8 Å². The van der Waals surface area contributed by atoms with E-state index >= 15 is 0 Å². The minimum absolute atomic E-state index is 0.0697. The molecule has 0 radical (unpaired) electrons. The maximum atomic E-state index is 12.0. The Hall–Kier alpha value is -1.40. The van der Waals surface area contributed by atoms with Gasteiger partial charge in [-0.1, -0.05) is 12.1 Å². The van der Waals surface area contributed by atoms with Crippen LogP contribution in [0.25, 0.3) is 0 Å². The molecule has 1 amide bonds. The van der Waals surface area contributed by atoms with Crippen LogP contribution in [0.2, 0.25) is 0 Å². The highest BCUT2D eigenvalue weighted by Crippen LogP contribution is 2.31. The molecule has 1 aliphatic heterocycles. The Balaban J connectivity index is 2.63. The Morgan fingerprint density at radius 3 is 2.56 bits per heavy atom. The van der Waals surface area contributed by atoms with Gasteiger partial charge in [0.15, 0.2) is 0 Å². The summed E-state index contributed by atoms with van der Waals surface area (Å²) < 4.78 is 24.9. The fraction of sp³-hybridized carbons (Fsp3) is 0.300. The summed E-state index contributed by atoms with van der Waals surface area (Å²) in [5.74, 6) is -0.492. The number of hydrogen-bond acceptors (Lipinski definition) is 4. The molecule has 16 heavy (non-hydrogen) atoms. The van der Waals surface area contributed by atoms with Crippen molar-refractivity contribution in [2.24, 2.45) is 5.73 Å². The summed E-state index contributed by atoms with van der Waals surface area (Å²) in [6.45, 7) is 1.72. The van der Waals surface area contributed by atoms with Gasteiger partial charge in [0.1, 0.15) is 4.90 Å². The molecule has 1 atom stereocenters. The lowest BCUT2D eigenvalue weighted by atomic mass is 10.2. The average molecular weight is 240 g/mol. The number of hydrogen-bond donors (Lipinski definition) is 1. The molecule has 0 bridgehead atoms. The van der Waals surface area contributed by atoms with Crippen LogP contribution in [-0.2, 0) is 10.0 Å². The lowest BCUT2D eigenvalue weighted by molar-refractivity contribution is 0.0842. The third-order valence-electron chi connectivity index (χ3n) is 2.60. The van der Waals surface area contributed by atoms with Gasteiger partial charge < -0.3 is 5.73 Å². The monoisotopic (exact) mass is 240 g/mol. The van der Waals surface area contributed by atoms with Crippen LogP contribution in [0.5, 0.6) is 0 Å². The van der Waals surface area contributed by atoms with E-state index in [-0.39, 0.29) is 17.0 Å². The Morgan fingerprint density at radius 1 is 1.38 bits per heavy atom. The molecule has 2 rings (SSSR count). The van der Waals surface area contributed by atoms with E-state index in [0.29, 0.717) is 0 Å². The molecule has 0 aromatic heterocycles. The Labute approximate surface area is 93.9 Å². The van der Waals surface area contributed by atoms with Gasteiger partial charge in [-0.15, -0.1) is 0 Å². The number of benzene rings is 1. The van der Waals surface area contributed by atoms with E-state index in [1.165, 1.54) is 12.1 Å². The van der Waals surface area contributed by atoms with E-state index in [0.717, 1.165) is 4.31 Å². The number of nitrogens with zero attached hydrogens (tertiary/aromatic N) is 1. The van der Waals surface area contributed by atoms with Gasteiger partial charge in [-0.05, 0) is 19.1 Å². The summed E-state index contributed by atoms with van der Waals surface area (Å²) in [6, 6.07) is 5.66. The molecule has 1 aromatic rings.